The maximum absolute atomic E-state index is 9.00. The van der Waals surface area contributed by atoms with Crippen molar-refractivity contribution in [3.63, 3.8) is 0 Å². The Labute approximate surface area is 65.7 Å². The third kappa shape index (κ3) is 135. The van der Waals surface area contributed by atoms with Gasteiger partial charge in [0.15, 0.2) is 17.4 Å². The van der Waals surface area contributed by atoms with E-state index in [1.54, 1.807) is 0 Å². The molecule has 0 aliphatic heterocycles. The zero-order valence-corrected chi connectivity index (χ0v) is 5.02. The summed E-state index contributed by atoms with van der Waals surface area (Å²) in [7, 11) is 0. The maximum atomic E-state index is 9.00. The Morgan fingerprint density at radius 3 is 1.33 bits per heavy atom. The van der Waals surface area contributed by atoms with E-state index in [4.69, 9.17) is 4.79 Å². The van der Waals surface area contributed by atoms with Crippen LogP contribution in [0.2, 0.25) is 0 Å². The average Bonchev–Trinajstić information content (AvgIpc) is 0.811. The van der Waals surface area contributed by atoms with Gasteiger partial charge in [-0.2, -0.15) is 0 Å². The minimum atomic E-state index is -0.833. The van der Waals surface area contributed by atoms with Crippen LogP contribution in [0.5, 0.6) is 0 Å². The fraction of sp³-hybridized carbons (Fsp3) is 0. The molecule has 6 heavy (non-hydrogen) atoms. The van der Waals surface area contributed by atoms with E-state index in [1.807, 2.05) is 0 Å². The summed E-state index contributed by atoms with van der Waals surface area (Å²) in [6.45, 7) is 0. The van der Waals surface area contributed by atoms with Crippen LogP contribution in [0.15, 0.2) is 0 Å². The molecule has 3 nitrogen and oxygen atoms in total. The van der Waals surface area contributed by atoms with Crippen molar-refractivity contribution < 1.29 is 31.0 Å². The normalized spacial score (nSPS) is 4.00. The van der Waals surface area contributed by atoms with E-state index < -0.39 is 6.03 Å². The van der Waals surface area contributed by atoms with Gasteiger partial charge in [-0.05, 0) is 0 Å². The second-order valence-corrected chi connectivity index (χ2v) is 0.402. The van der Waals surface area contributed by atoms with Gasteiger partial charge in [-0.3, -0.25) is 0 Å². The Morgan fingerprint density at radius 1 is 1.33 bits per heavy atom. The predicted molar refractivity (Wildman–Crippen MR) is 23.7 cm³/mol. The van der Waals surface area contributed by atoms with Gasteiger partial charge in [0.05, 0.1) is 0 Å². The number of hydrogen-bond acceptors (Lipinski definition) is 1. The van der Waals surface area contributed by atoms with Crippen molar-refractivity contribution >= 4 is 23.4 Å². The fourth-order valence-electron chi connectivity index (χ4n) is 0. The third-order valence-electron chi connectivity index (χ3n) is 0. The molecule has 34 valence electrons. The van der Waals surface area contributed by atoms with Crippen LogP contribution in [0.3, 0.4) is 0 Å². The first-order valence-corrected chi connectivity index (χ1v) is 0.781. The number of carbonyl (C=O) groups is 1. The van der Waals surface area contributed by atoms with Gasteiger partial charge in [0.25, 0.3) is 0 Å². The monoisotopic (exact) mass is 180 g/mol. The summed E-state index contributed by atoms with van der Waals surface area (Å²) < 4.78 is 0. The SMILES string of the molecule is NC(N)=O.[AlH3].[Zr]. The van der Waals surface area contributed by atoms with Crippen LogP contribution < -0.4 is 11.5 Å². The smallest absolute Gasteiger partial charge is 0.309 e. The Balaban J connectivity index is -0.0000000450. The number of rotatable bonds is 0. The Morgan fingerprint density at radius 2 is 1.33 bits per heavy atom. The average molecular weight is 181 g/mol. The second-order valence-electron chi connectivity index (χ2n) is 0.402. The van der Waals surface area contributed by atoms with E-state index in [2.05, 4.69) is 11.5 Å². The van der Waals surface area contributed by atoms with Gasteiger partial charge < -0.3 is 11.5 Å². The molecular weight excluding hydrogens is 174 g/mol. The molecule has 0 aliphatic rings. The summed E-state index contributed by atoms with van der Waals surface area (Å²) in [5.74, 6) is 0. The van der Waals surface area contributed by atoms with Crippen LogP contribution in [0.25, 0.3) is 0 Å². The number of nitrogens with two attached hydrogens (primary N) is 2. The van der Waals surface area contributed by atoms with Crippen molar-refractivity contribution in [3.8, 4) is 0 Å². The zero-order chi connectivity index (χ0) is 3.58. The van der Waals surface area contributed by atoms with Crippen molar-refractivity contribution in [3.05, 3.63) is 0 Å². The molecule has 0 saturated heterocycles. The van der Waals surface area contributed by atoms with E-state index in [0.717, 1.165) is 0 Å². The van der Waals surface area contributed by atoms with Crippen LogP contribution >= 0.6 is 0 Å². The molecule has 0 atom stereocenters. The van der Waals surface area contributed by atoms with Gasteiger partial charge in [-0.1, -0.05) is 0 Å². The van der Waals surface area contributed by atoms with Gasteiger partial charge in [-0.15, -0.1) is 0 Å². The molecule has 0 spiro atoms. The summed E-state index contributed by atoms with van der Waals surface area (Å²) in [5.41, 5.74) is 8.50. The van der Waals surface area contributed by atoms with E-state index in [0.29, 0.717) is 0 Å². The Hall–Kier alpha value is 0.686. The molecule has 0 aromatic rings. The van der Waals surface area contributed by atoms with Crippen molar-refractivity contribution in [1.82, 2.24) is 0 Å². The molecule has 4 N–H and O–H groups in total. The van der Waals surface area contributed by atoms with E-state index in [-0.39, 0.29) is 43.6 Å². The van der Waals surface area contributed by atoms with Gasteiger partial charge in [-0.25, -0.2) is 4.79 Å². The molecule has 0 fully saturated rings. The molecule has 0 aliphatic carbocycles. The van der Waals surface area contributed by atoms with Crippen LogP contribution in [-0.4, -0.2) is 23.4 Å². The number of hydrogen-bond donors (Lipinski definition) is 2. The molecule has 0 aromatic carbocycles. The number of primary amides is 2. The Bertz CT molecular complexity index is 36.5. The molecular formula is CH7AlN2OZr. The van der Waals surface area contributed by atoms with Gasteiger partial charge in [0.2, 0.25) is 0 Å². The summed E-state index contributed by atoms with van der Waals surface area (Å²) in [5, 5.41) is 0. The Kier molecular flexibility index (Phi) is 24.4. The minimum Gasteiger partial charge on any atom is -0.352 e. The summed E-state index contributed by atoms with van der Waals surface area (Å²) >= 11 is 0. The second kappa shape index (κ2) is 9.19. The van der Waals surface area contributed by atoms with Crippen molar-refractivity contribution in [2.45, 2.75) is 0 Å². The fourth-order valence-corrected chi connectivity index (χ4v) is 0. The van der Waals surface area contributed by atoms with E-state index >= 15 is 0 Å². The molecule has 0 heterocycles. The van der Waals surface area contributed by atoms with Gasteiger partial charge in [0.1, 0.15) is 0 Å². The quantitative estimate of drug-likeness (QED) is 0.411. The zero-order valence-electron chi connectivity index (χ0n) is 2.56. The van der Waals surface area contributed by atoms with Crippen LogP contribution in [0.1, 0.15) is 0 Å². The van der Waals surface area contributed by atoms with Crippen LogP contribution in [0.4, 0.5) is 4.79 Å². The first-order chi connectivity index (χ1) is 1.73. The van der Waals surface area contributed by atoms with Gasteiger partial charge >= 0.3 is 6.03 Å². The third-order valence-corrected chi connectivity index (χ3v) is 0. The number of carbonyl (C=O) groups excluding carboxylic acids is 1. The topological polar surface area (TPSA) is 69.1 Å². The number of urea groups is 1. The van der Waals surface area contributed by atoms with Crippen molar-refractivity contribution in [2.24, 2.45) is 11.5 Å². The minimum absolute atomic E-state index is 0. The van der Waals surface area contributed by atoms with Gasteiger partial charge in [0, 0.05) is 26.2 Å². The first kappa shape index (κ1) is 15.9. The van der Waals surface area contributed by atoms with E-state index in [1.165, 1.54) is 0 Å². The molecule has 0 aromatic heterocycles. The molecule has 0 saturated carbocycles. The molecule has 0 bridgehead atoms. The molecule has 2 amide bonds. The standard InChI is InChI=1S/CH4N2O.Al.Zr.3H/c2-1(3)4;;;;;/h(H4,2,3,4);;;;;. The maximum Gasteiger partial charge on any atom is 0.309 e. The molecule has 5 heteroatoms. The van der Waals surface area contributed by atoms with Crippen molar-refractivity contribution in [2.75, 3.05) is 0 Å². The predicted octanol–water partition coefficient (Wildman–Crippen LogP) is -2.16. The molecule has 0 rings (SSSR count). The summed E-state index contributed by atoms with van der Waals surface area (Å²) in [6, 6.07) is -0.833. The summed E-state index contributed by atoms with van der Waals surface area (Å²) in [4.78, 5) is 9.00. The van der Waals surface area contributed by atoms with Crippen LogP contribution in [-0.2, 0) is 26.2 Å². The van der Waals surface area contributed by atoms with Crippen LogP contribution in [0, 0.1) is 0 Å². The van der Waals surface area contributed by atoms with Crippen molar-refractivity contribution in [1.29, 1.82) is 0 Å². The molecule has 0 radical (unpaired) electrons. The molecule has 0 unspecified atom stereocenters. The first-order valence-electron chi connectivity index (χ1n) is 0.781. The number of amides is 2. The largest absolute Gasteiger partial charge is 0.352 e. The summed E-state index contributed by atoms with van der Waals surface area (Å²) in [6.07, 6.45) is 0. The van der Waals surface area contributed by atoms with E-state index in [9.17, 15) is 0 Å².